The molecule has 1 N–H and O–H groups in total. The molecule has 172 valence electrons. The number of nitrogens with one attached hydrogen (secondary N) is 1. The van der Waals surface area contributed by atoms with Gasteiger partial charge in [0.2, 0.25) is 0 Å². The molecular weight excluding hydrogens is 436 g/mol. The summed E-state index contributed by atoms with van der Waals surface area (Å²) in [6, 6.07) is 23.6. The third-order valence-corrected chi connectivity index (χ3v) is 6.95. The van der Waals surface area contributed by atoms with Crippen molar-refractivity contribution < 1.29 is 0 Å². The molecule has 3 heterocycles. The largest absolute Gasteiger partial charge is 0.351 e. The van der Waals surface area contributed by atoms with Gasteiger partial charge in [0.25, 0.3) is 0 Å². The third kappa shape index (κ3) is 3.90. The molecule has 0 amide bonds. The molecule has 1 aliphatic rings. The van der Waals surface area contributed by atoms with Crippen LogP contribution in [0.3, 0.4) is 0 Å². The fraction of sp³-hybridized carbons (Fsp3) is 0.241. The Labute approximate surface area is 207 Å². The van der Waals surface area contributed by atoms with Crippen LogP contribution >= 0.6 is 12.2 Å². The van der Waals surface area contributed by atoms with Gasteiger partial charge in [-0.15, -0.1) is 0 Å². The van der Waals surface area contributed by atoms with Crippen molar-refractivity contribution in [2.24, 2.45) is 0 Å². The summed E-state index contributed by atoms with van der Waals surface area (Å²) in [4.78, 5) is 6.98. The van der Waals surface area contributed by atoms with E-state index in [1.54, 1.807) is 0 Å². The minimum Gasteiger partial charge on any atom is -0.351 e. The Morgan fingerprint density at radius 2 is 1.53 bits per heavy atom. The number of pyridine rings is 1. The van der Waals surface area contributed by atoms with Crippen molar-refractivity contribution in [2.75, 3.05) is 4.90 Å². The summed E-state index contributed by atoms with van der Waals surface area (Å²) in [7, 11) is 0. The van der Waals surface area contributed by atoms with Crippen molar-refractivity contribution in [1.29, 1.82) is 0 Å². The van der Waals surface area contributed by atoms with E-state index in [4.69, 9.17) is 17.2 Å². The summed E-state index contributed by atoms with van der Waals surface area (Å²) >= 11 is 5.94. The van der Waals surface area contributed by atoms with Crippen LogP contribution in [0.2, 0.25) is 0 Å². The molecule has 1 aliphatic heterocycles. The highest BCUT2D eigenvalue weighted by molar-refractivity contribution is 7.80. The monoisotopic (exact) mass is 466 g/mol. The third-order valence-electron chi connectivity index (χ3n) is 6.63. The number of benzene rings is 2. The van der Waals surface area contributed by atoms with Gasteiger partial charge in [-0.2, -0.15) is 0 Å². The van der Waals surface area contributed by atoms with Crippen molar-refractivity contribution >= 4 is 23.0 Å². The molecule has 1 saturated heterocycles. The maximum absolute atomic E-state index is 5.94. The molecule has 34 heavy (non-hydrogen) atoms. The first-order valence-corrected chi connectivity index (χ1v) is 12.1. The second-order valence-electron chi connectivity index (χ2n) is 9.34. The predicted molar refractivity (Wildman–Crippen MR) is 144 cm³/mol. The highest BCUT2D eigenvalue weighted by atomic mass is 32.1. The molecule has 2 aromatic heterocycles. The average molecular weight is 467 g/mol. The van der Waals surface area contributed by atoms with Crippen LogP contribution in [-0.2, 0) is 0 Å². The van der Waals surface area contributed by atoms with Crippen LogP contribution in [0.4, 0.5) is 5.69 Å². The van der Waals surface area contributed by atoms with E-state index in [1.165, 1.54) is 39.3 Å². The topological polar surface area (TPSA) is 33.1 Å². The summed E-state index contributed by atoms with van der Waals surface area (Å²) in [6.07, 6.45) is 1.85. The number of thiocarbonyl (C=S) groups is 1. The minimum atomic E-state index is -0.0547. The number of hydrogen-bond donors (Lipinski definition) is 1. The molecule has 5 rings (SSSR count). The molecule has 0 aliphatic carbocycles. The molecule has 0 radical (unpaired) electrons. The van der Waals surface area contributed by atoms with E-state index in [0.29, 0.717) is 0 Å². The lowest BCUT2D eigenvalue weighted by Gasteiger charge is -2.29. The first kappa shape index (κ1) is 22.4. The standard InChI is InChI=1S/C29H30N4S/c1-18-9-8-10-23(14-18)32-21(4)17-25(22(32)5)28-27(26-11-6-7-12-30-26)31-29(34)33(28)24-15-19(2)13-20(3)16-24/h6-17,27-28H,1-5H3,(H,31,34)/t27-,28-/m1/s1. The van der Waals surface area contributed by atoms with Gasteiger partial charge < -0.3 is 14.8 Å². The average Bonchev–Trinajstić information content (AvgIpc) is 3.29. The number of aryl methyl sites for hydroxylation is 4. The summed E-state index contributed by atoms with van der Waals surface area (Å²) in [5.41, 5.74) is 10.7. The second-order valence-corrected chi connectivity index (χ2v) is 9.73. The van der Waals surface area contributed by atoms with Gasteiger partial charge in [0.1, 0.15) is 0 Å². The number of anilines is 1. The van der Waals surface area contributed by atoms with Gasteiger partial charge >= 0.3 is 0 Å². The first-order chi connectivity index (χ1) is 16.3. The van der Waals surface area contributed by atoms with Gasteiger partial charge in [-0.25, -0.2) is 0 Å². The fourth-order valence-electron chi connectivity index (χ4n) is 5.29. The van der Waals surface area contributed by atoms with Crippen molar-refractivity contribution in [1.82, 2.24) is 14.9 Å². The zero-order valence-corrected chi connectivity index (χ0v) is 21.1. The number of hydrogen-bond acceptors (Lipinski definition) is 2. The molecule has 5 heteroatoms. The molecule has 0 unspecified atom stereocenters. The predicted octanol–water partition coefficient (Wildman–Crippen LogP) is 6.59. The zero-order valence-electron chi connectivity index (χ0n) is 20.3. The van der Waals surface area contributed by atoms with Crippen molar-refractivity contribution in [3.63, 3.8) is 0 Å². The summed E-state index contributed by atoms with van der Waals surface area (Å²) in [5, 5.41) is 4.32. The van der Waals surface area contributed by atoms with Gasteiger partial charge in [-0.05, 0) is 112 Å². The first-order valence-electron chi connectivity index (χ1n) is 11.7. The Kier molecular flexibility index (Phi) is 5.74. The van der Waals surface area contributed by atoms with Crippen molar-refractivity contribution in [2.45, 2.75) is 46.7 Å². The van der Waals surface area contributed by atoms with Gasteiger partial charge in [-0.1, -0.05) is 24.3 Å². The summed E-state index contributed by atoms with van der Waals surface area (Å²) < 4.78 is 2.35. The number of nitrogens with zero attached hydrogens (tertiary/aromatic N) is 3. The molecule has 0 spiro atoms. The van der Waals surface area contributed by atoms with Gasteiger partial charge in [-0.3, -0.25) is 4.98 Å². The Morgan fingerprint density at radius 1 is 0.794 bits per heavy atom. The van der Waals surface area contributed by atoms with Crippen LogP contribution in [0.25, 0.3) is 5.69 Å². The highest BCUT2D eigenvalue weighted by Gasteiger charge is 2.42. The molecule has 2 atom stereocenters. The quantitative estimate of drug-likeness (QED) is 0.344. The van der Waals surface area contributed by atoms with E-state index in [9.17, 15) is 0 Å². The molecule has 4 nitrogen and oxygen atoms in total. The van der Waals surface area contributed by atoms with Gasteiger partial charge in [0.15, 0.2) is 5.11 Å². The second kappa shape index (κ2) is 8.73. The number of aromatic nitrogens is 2. The lowest BCUT2D eigenvalue weighted by Crippen LogP contribution is -2.29. The SMILES string of the molecule is Cc1cc(C)cc(N2C(=S)N[C@H](c3ccccn3)[C@H]2c2cc(C)n(-c3cccc(C)c3)c2C)c1. The zero-order chi connectivity index (χ0) is 24.0. The van der Waals surface area contributed by atoms with E-state index in [2.05, 4.69) is 104 Å². The van der Waals surface area contributed by atoms with Crippen LogP contribution in [-0.4, -0.2) is 14.7 Å². The normalized spacial score (nSPS) is 17.8. The van der Waals surface area contributed by atoms with Crippen LogP contribution in [0, 0.1) is 34.6 Å². The molecule has 2 aromatic carbocycles. The summed E-state index contributed by atoms with van der Waals surface area (Å²) in [6.45, 7) is 10.8. The Hall–Kier alpha value is -3.44. The summed E-state index contributed by atoms with van der Waals surface area (Å²) in [5.74, 6) is 0. The van der Waals surface area contributed by atoms with E-state index in [0.717, 1.165) is 16.5 Å². The van der Waals surface area contributed by atoms with E-state index < -0.39 is 0 Å². The number of rotatable bonds is 4. The van der Waals surface area contributed by atoms with Crippen LogP contribution < -0.4 is 10.2 Å². The lowest BCUT2D eigenvalue weighted by atomic mass is 9.96. The fourth-order valence-corrected chi connectivity index (χ4v) is 5.64. The lowest BCUT2D eigenvalue weighted by molar-refractivity contribution is 0.565. The van der Waals surface area contributed by atoms with Gasteiger partial charge in [0.05, 0.1) is 17.8 Å². The Bertz CT molecular complexity index is 1350. The van der Waals surface area contributed by atoms with E-state index in [1.807, 2.05) is 18.3 Å². The van der Waals surface area contributed by atoms with E-state index >= 15 is 0 Å². The van der Waals surface area contributed by atoms with Crippen LogP contribution in [0.15, 0.2) is 72.9 Å². The highest BCUT2D eigenvalue weighted by Crippen LogP contribution is 2.44. The molecule has 0 bridgehead atoms. The van der Waals surface area contributed by atoms with Crippen LogP contribution in [0.1, 0.15) is 51.4 Å². The van der Waals surface area contributed by atoms with E-state index in [-0.39, 0.29) is 12.1 Å². The Morgan fingerprint density at radius 3 is 2.21 bits per heavy atom. The smallest absolute Gasteiger partial charge is 0.174 e. The van der Waals surface area contributed by atoms with Crippen molar-refractivity contribution in [3.05, 3.63) is 112 Å². The van der Waals surface area contributed by atoms with Crippen molar-refractivity contribution in [3.8, 4) is 5.69 Å². The molecular formula is C29H30N4S. The molecule has 4 aromatic rings. The van der Waals surface area contributed by atoms with Crippen LogP contribution in [0.5, 0.6) is 0 Å². The Balaban J connectivity index is 1.70. The maximum atomic E-state index is 5.94. The maximum Gasteiger partial charge on any atom is 0.174 e. The molecule has 0 saturated carbocycles. The molecule has 1 fully saturated rings. The minimum absolute atomic E-state index is 0.0200. The van der Waals surface area contributed by atoms with Gasteiger partial charge in [0, 0.05) is 29.0 Å².